The molecule has 0 aliphatic rings. The first-order chi connectivity index (χ1) is 3.72. The number of nitrogens with one attached hydrogen (secondary N) is 2. The molecular formula is C5H10N2O. The minimum Gasteiger partial charge on any atom is -0.480 e. The van der Waals surface area contributed by atoms with Gasteiger partial charge in [-0.05, 0) is 6.42 Å². The van der Waals surface area contributed by atoms with E-state index in [0.717, 1.165) is 0 Å². The quantitative estimate of drug-likeness (QED) is 0.409. The van der Waals surface area contributed by atoms with Crippen molar-refractivity contribution in [2.45, 2.75) is 13.3 Å². The molecule has 3 nitrogen and oxygen atoms in total. The second-order valence-electron chi connectivity index (χ2n) is 1.37. The molecule has 0 aromatic heterocycles. The van der Waals surface area contributed by atoms with Crippen molar-refractivity contribution in [1.29, 1.82) is 10.8 Å². The Bertz CT molecular complexity index is 95.0. The maximum absolute atomic E-state index is 6.99. The minimum absolute atomic E-state index is 0.0347. The summed E-state index contributed by atoms with van der Waals surface area (Å²) in [4.78, 5) is 0. The van der Waals surface area contributed by atoms with E-state index in [-0.39, 0.29) is 11.6 Å². The van der Waals surface area contributed by atoms with Gasteiger partial charge in [0.1, 0.15) is 0 Å². The van der Waals surface area contributed by atoms with E-state index in [1.54, 1.807) is 0 Å². The summed E-state index contributed by atoms with van der Waals surface area (Å²) in [5, 5.41) is 13.9. The summed E-state index contributed by atoms with van der Waals surface area (Å²) in [6.07, 6.45) is 0.562. The number of hydrogen-bond donors (Lipinski definition) is 2. The Morgan fingerprint density at radius 1 is 1.50 bits per heavy atom. The smallest absolute Gasteiger partial charge is 0.227 e. The van der Waals surface area contributed by atoms with E-state index in [0.29, 0.717) is 6.42 Å². The van der Waals surface area contributed by atoms with Crippen LogP contribution in [0.4, 0.5) is 0 Å². The number of rotatable bonds is 2. The second-order valence-corrected chi connectivity index (χ2v) is 1.37. The van der Waals surface area contributed by atoms with Gasteiger partial charge in [0.25, 0.3) is 0 Å². The van der Waals surface area contributed by atoms with Crippen molar-refractivity contribution in [3.63, 3.8) is 0 Å². The predicted octanol–water partition coefficient (Wildman–Crippen LogP) is 1.04. The molecule has 0 saturated heterocycles. The lowest BCUT2D eigenvalue weighted by molar-refractivity contribution is 0.406. The Kier molecular flexibility index (Phi) is 2.84. The lowest BCUT2D eigenvalue weighted by Crippen LogP contribution is -2.11. The van der Waals surface area contributed by atoms with Gasteiger partial charge in [-0.15, -0.1) is 0 Å². The van der Waals surface area contributed by atoms with Gasteiger partial charge in [-0.25, -0.2) is 0 Å². The van der Waals surface area contributed by atoms with Crippen LogP contribution >= 0.6 is 0 Å². The standard InChI is InChI=1S/C5H10N2O/c1-3-4(6)5(7)8-2/h6-7H,3H2,1-2H3. The molecule has 0 radical (unpaired) electrons. The van der Waals surface area contributed by atoms with Crippen molar-refractivity contribution in [3.05, 3.63) is 0 Å². The molecule has 0 aliphatic carbocycles. The first-order valence-corrected chi connectivity index (χ1v) is 2.42. The molecule has 0 atom stereocenters. The molecule has 0 unspecified atom stereocenters. The monoisotopic (exact) mass is 114 g/mol. The normalized spacial score (nSPS) is 8.25. The largest absolute Gasteiger partial charge is 0.480 e. The van der Waals surface area contributed by atoms with E-state index in [1.807, 2.05) is 6.92 Å². The molecule has 0 spiro atoms. The van der Waals surface area contributed by atoms with Crippen LogP contribution in [0.15, 0.2) is 0 Å². The molecule has 0 saturated carbocycles. The van der Waals surface area contributed by atoms with Gasteiger partial charge < -0.3 is 4.74 Å². The Hall–Kier alpha value is -0.860. The summed E-state index contributed by atoms with van der Waals surface area (Å²) < 4.78 is 4.46. The molecular weight excluding hydrogens is 104 g/mol. The maximum Gasteiger partial charge on any atom is 0.227 e. The van der Waals surface area contributed by atoms with Crippen molar-refractivity contribution in [1.82, 2.24) is 0 Å². The van der Waals surface area contributed by atoms with E-state index in [2.05, 4.69) is 4.74 Å². The van der Waals surface area contributed by atoms with Crippen LogP contribution in [-0.4, -0.2) is 18.7 Å². The highest BCUT2D eigenvalue weighted by molar-refractivity contribution is 6.36. The number of hydrogen-bond acceptors (Lipinski definition) is 3. The fraction of sp³-hybridized carbons (Fsp3) is 0.600. The molecule has 0 fully saturated rings. The summed E-state index contributed by atoms with van der Waals surface area (Å²) in [5.74, 6) is -0.0347. The second kappa shape index (κ2) is 3.18. The molecule has 8 heavy (non-hydrogen) atoms. The van der Waals surface area contributed by atoms with Gasteiger partial charge in [-0.3, -0.25) is 10.8 Å². The fourth-order valence-corrected chi connectivity index (χ4v) is 0.284. The number of methoxy groups -OCH3 is 1. The van der Waals surface area contributed by atoms with E-state index in [9.17, 15) is 0 Å². The Balaban J connectivity index is 3.64. The summed E-state index contributed by atoms with van der Waals surface area (Å²) in [5.41, 5.74) is 0.243. The zero-order chi connectivity index (χ0) is 6.57. The van der Waals surface area contributed by atoms with Crippen LogP contribution in [0.25, 0.3) is 0 Å². The Morgan fingerprint density at radius 2 is 2.00 bits per heavy atom. The Labute approximate surface area is 48.7 Å². The fourth-order valence-electron chi connectivity index (χ4n) is 0.284. The highest BCUT2D eigenvalue weighted by atomic mass is 16.5. The van der Waals surface area contributed by atoms with Crippen LogP contribution in [0.2, 0.25) is 0 Å². The summed E-state index contributed by atoms with van der Waals surface area (Å²) in [6, 6.07) is 0. The van der Waals surface area contributed by atoms with Gasteiger partial charge >= 0.3 is 0 Å². The first-order valence-electron chi connectivity index (χ1n) is 2.42. The lowest BCUT2D eigenvalue weighted by Gasteiger charge is -1.98. The van der Waals surface area contributed by atoms with E-state index in [1.165, 1.54) is 7.11 Å². The highest BCUT2D eigenvalue weighted by Crippen LogP contribution is 1.83. The Morgan fingerprint density at radius 3 is 2.12 bits per heavy atom. The van der Waals surface area contributed by atoms with Gasteiger partial charge in [0.15, 0.2) is 0 Å². The van der Waals surface area contributed by atoms with Crippen LogP contribution in [0, 0.1) is 10.8 Å². The zero-order valence-corrected chi connectivity index (χ0v) is 5.12. The number of ether oxygens (including phenoxy) is 1. The molecule has 3 heteroatoms. The molecule has 0 aromatic rings. The molecule has 0 rings (SSSR count). The lowest BCUT2D eigenvalue weighted by atomic mass is 10.3. The van der Waals surface area contributed by atoms with Crippen molar-refractivity contribution in [2.75, 3.05) is 7.11 Å². The highest BCUT2D eigenvalue weighted by Gasteiger charge is 1.98. The van der Waals surface area contributed by atoms with Crippen molar-refractivity contribution < 1.29 is 4.74 Å². The van der Waals surface area contributed by atoms with Crippen LogP contribution in [0.1, 0.15) is 13.3 Å². The predicted molar refractivity (Wildman–Crippen MR) is 32.8 cm³/mol. The molecule has 0 aromatic carbocycles. The average Bonchev–Trinajstić information content (AvgIpc) is 1.84. The van der Waals surface area contributed by atoms with E-state index < -0.39 is 0 Å². The topological polar surface area (TPSA) is 56.9 Å². The molecule has 0 bridgehead atoms. The van der Waals surface area contributed by atoms with E-state index >= 15 is 0 Å². The van der Waals surface area contributed by atoms with Gasteiger partial charge in [0.2, 0.25) is 5.90 Å². The third kappa shape index (κ3) is 1.73. The molecule has 2 N–H and O–H groups in total. The van der Waals surface area contributed by atoms with E-state index in [4.69, 9.17) is 10.8 Å². The van der Waals surface area contributed by atoms with Crippen LogP contribution in [0.5, 0.6) is 0 Å². The van der Waals surface area contributed by atoms with Gasteiger partial charge in [-0.1, -0.05) is 6.92 Å². The van der Waals surface area contributed by atoms with Crippen LogP contribution in [0.3, 0.4) is 0 Å². The first kappa shape index (κ1) is 7.14. The van der Waals surface area contributed by atoms with Gasteiger partial charge in [-0.2, -0.15) is 0 Å². The summed E-state index contributed by atoms with van der Waals surface area (Å²) in [7, 11) is 1.40. The van der Waals surface area contributed by atoms with Crippen LogP contribution in [-0.2, 0) is 4.74 Å². The zero-order valence-electron chi connectivity index (χ0n) is 5.12. The SMILES string of the molecule is CCC(=N)C(=N)OC. The van der Waals surface area contributed by atoms with Crippen molar-refractivity contribution in [3.8, 4) is 0 Å². The molecule has 0 heterocycles. The van der Waals surface area contributed by atoms with Crippen molar-refractivity contribution >= 4 is 11.6 Å². The average molecular weight is 114 g/mol. The molecule has 46 valence electrons. The molecule has 0 aliphatic heterocycles. The van der Waals surface area contributed by atoms with Crippen LogP contribution < -0.4 is 0 Å². The molecule has 0 amide bonds. The van der Waals surface area contributed by atoms with Crippen molar-refractivity contribution in [2.24, 2.45) is 0 Å². The third-order valence-corrected chi connectivity index (χ3v) is 0.832. The van der Waals surface area contributed by atoms with Gasteiger partial charge in [0.05, 0.1) is 12.8 Å². The minimum atomic E-state index is -0.0347. The third-order valence-electron chi connectivity index (χ3n) is 0.832. The van der Waals surface area contributed by atoms with Gasteiger partial charge in [0, 0.05) is 0 Å². The maximum atomic E-state index is 6.99. The summed E-state index contributed by atoms with van der Waals surface area (Å²) >= 11 is 0. The summed E-state index contributed by atoms with van der Waals surface area (Å²) in [6.45, 7) is 1.82.